The summed E-state index contributed by atoms with van der Waals surface area (Å²) in [6.07, 6.45) is 0.877. The fourth-order valence-electron chi connectivity index (χ4n) is 5.26. The maximum absolute atomic E-state index is 14.8. The molecule has 1 saturated heterocycles. The Morgan fingerprint density at radius 1 is 1.10 bits per heavy atom. The summed E-state index contributed by atoms with van der Waals surface area (Å²) in [6, 6.07) is 14.4. The molecule has 2 aliphatic rings. The fourth-order valence-corrected chi connectivity index (χ4v) is 5.72. The molecule has 1 fully saturated rings. The van der Waals surface area contributed by atoms with E-state index in [0.717, 1.165) is 30.8 Å². The van der Waals surface area contributed by atoms with Crippen molar-refractivity contribution in [1.29, 1.82) is 0 Å². The van der Waals surface area contributed by atoms with E-state index in [1.165, 1.54) is 29.5 Å². The molecule has 2 aliphatic heterocycles. The number of amides is 1. The van der Waals surface area contributed by atoms with E-state index in [1.54, 1.807) is 6.07 Å². The van der Waals surface area contributed by atoms with Crippen LogP contribution in [0, 0.1) is 21.0 Å². The molecule has 210 valence electrons. The summed E-state index contributed by atoms with van der Waals surface area (Å²) >= 11 is 1.93. The summed E-state index contributed by atoms with van der Waals surface area (Å²) in [5.74, 6) is -3.84. The van der Waals surface area contributed by atoms with E-state index in [-0.39, 0.29) is 24.3 Å². The predicted octanol–water partition coefficient (Wildman–Crippen LogP) is 5.40. The summed E-state index contributed by atoms with van der Waals surface area (Å²) < 4.78 is 49.6. The lowest BCUT2D eigenvalue weighted by Crippen LogP contribution is -2.69. The van der Waals surface area contributed by atoms with Crippen LogP contribution in [0.3, 0.4) is 0 Å². The molecule has 5 rings (SSSR count). The number of carbonyl (C=O) groups excluding carboxylic acids is 2. The molecule has 7 nitrogen and oxygen atoms in total. The van der Waals surface area contributed by atoms with Crippen molar-refractivity contribution in [1.82, 2.24) is 10.2 Å². The number of hydrogen-bond acceptors (Lipinski definition) is 6. The Bertz CT molecular complexity index is 1450. The van der Waals surface area contributed by atoms with Crippen LogP contribution in [0.1, 0.15) is 35.2 Å². The fraction of sp³-hybridized carbons (Fsp3) is 0.310. The van der Waals surface area contributed by atoms with E-state index in [2.05, 4.69) is 28.1 Å². The van der Waals surface area contributed by atoms with Crippen molar-refractivity contribution in [2.75, 3.05) is 43.4 Å². The number of likely N-dealkylation sites (tertiary alicyclic amines) is 1. The lowest BCUT2D eigenvalue weighted by molar-refractivity contribution is -0.172. The van der Waals surface area contributed by atoms with Crippen LogP contribution in [0.25, 0.3) is 0 Å². The first-order valence-electron chi connectivity index (χ1n) is 12.9. The molecule has 0 radical (unpaired) electrons. The van der Waals surface area contributed by atoms with Crippen LogP contribution in [0.15, 0.2) is 54.6 Å². The normalized spacial score (nSPS) is 17.0. The number of hydrogen-bond donors (Lipinski definition) is 3. The number of anilines is 3. The third kappa shape index (κ3) is 5.90. The number of fused-ring (bicyclic) bond motifs is 1. The Labute approximate surface area is 243 Å². The van der Waals surface area contributed by atoms with Gasteiger partial charge in [0.05, 0.1) is 30.0 Å². The zero-order valence-electron chi connectivity index (χ0n) is 21.7. The van der Waals surface area contributed by atoms with Crippen molar-refractivity contribution in [3.8, 4) is 0 Å². The van der Waals surface area contributed by atoms with Gasteiger partial charge in [0.15, 0.2) is 17.2 Å². The number of benzene rings is 3. The number of ether oxygens (including phenoxy) is 1. The first-order chi connectivity index (χ1) is 19.2. The summed E-state index contributed by atoms with van der Waals surface area (Å²) in [7, 11) is 0. The monoisotopic (exact) mass is 664 g/mol. The minimum Gasteiger partial charge on any atom is -0.454 e. The number of halogens is 4. The number of esters is 1. The maximum Gasteiger partial charge on any atom is 0.303 e. The molecule has 3 N–H and O–H groups in total. The molecule has 2 heterocycles. The Kier molecular flexibility index (Phi) is 8.22. The third-order valence-electron chi connectivity index (χ3n) is 7.18. The number of rotatable bonds is 9. The number of nitrogens with one attached hydrogen (secondary N) is 3. The highest BCUT2D eigenvalue weighted by atomic mass is 127. The minimum atomic E-state index is -1.29. The van der Waals surface area contributed by atoms with Gasteiger partial charge in [-0.15, -0.1) is 0 Å². The van der Waals surface area contributed by atoms with Crippen molar-refractivity contribution in [3.05, 3.63) is 86.7 Å². The molecule has 3 aromatic carbocycles. The van der Waals surface area contributed by atoms with Gasteiger partial charge in [-0.2, -0.15) is 0 Å². The van der Waals surface area contributed by atoms with Gasteiger partial charge in [-0.05, 0) is 77.5 Å². The average Bonchev–Trinajstić information content (AvgIpc) is 3.31. The molecular weight excluding hydrogens is 636 g/mol. The molecule has 0 bridgehead atoms. The lowest BCUT2D eigenvalue weighted by Gasteiger charge is -2.49. The molecule has 3 aromatic rings. The largest absolute Gasteiger partial charge is 0.454 e. The second-order valence-electron chi connectivity index (χ2n) is 10.1. The number of nitrogens with zero attached hydrogens (tertiary/aromatic N) is 1. The van der Waals surface area contributed by atoms with E-state index in [0.29, 0.717) is 22.6 Å². The zero-order valence-corrected chi connectivity index (χ0v) is 23.9. The van der Waals surface area contributed by atoms with Crippen LogP contribution in [0.2, 0.25) is 0 Å². The van der Waals surface area contributed by atoms with Crippen molar-refractivity contribution < 1.29 is 27.5 Å². The summed E-state index contributed by atoms with van der Waals surface area (Å²) in [5, 5.41) is 9.31. The quantitative estimate of drug-likeness (QED) is 0.162. The summed E-state index contributed by atoms with van der Waals surface area (Å²) in [6.45, 7) is 3.31. The smallest absolute Gasteiger partial charge is 0.303 e. The topological polar surface area (TPSA) is 82.7 Å². The standard InChI is InChI=1S/C29H28F3IN4O3/c1-17(38)40-29(14-34-11-10-18-13-35-24-5-3-2-4-20(18)24)15-37(16-29)28(39)21-7-8-22(30)26(32)27(21)36-25-9-6-19(33)12-23(25)31/h2-9,12,18,34-36H,10-11,13-16H2,1H3. The molecule has 0 aliphatic carbocycles. The lowest BCUT2D eigenvalue weighted by atomic mass is 9.91. The van der Waals surface area contributed by atoms with Gasteiger partial charge >= 0.3 is 5.97 Å². The highest BCUT2D eigenvalue weighted by molar-refractivity contribution is 14.1. The Morgan fingerprint density at radius 3 is 2.62 bits per heavy atom. The molecule has 40 heavy (non-hydrogen) atoms. The predicted molar refractivity (Wildman–Crippen MR) is 154 cm³/mol. The van der Waals surface area contributed by atoms with Crippen LogP contribution in [0.4, 0.5) is 30.2 Å². The highest BCUT2D eigenvalue weighted by Gasteiger charge is 2.48. The van der Waals surface area contributed by atoms with E-state index < -0.39 is 40.6 Å². The average molecular weight is 664 g/mol. The molecule has 1 amide bonds. The molecule has 0 spiro atoms. The SMILES string of the molecule is CC(=O)OC1(CNCCC2CNc3ccccc32)CN(C(=O)c2ccc(F)c(F)c2Nc2ccc(I)cc2F)C1. The van der Waals surface area contributed by atoms with Crippen LogP contribution >= 0.6 is 22.6 Å². The molecule has 11 heteroatoms. The maximum atomic E-state index is 14.8. The third-order valence-corrected chi connectivity index (χ3v) is 7.85. The van der Waals surface area contributed by atoms with Gasteiger partial charge in [-0.3, -0.25) is 9.59 Å². The first-order valence-corrected chi connectivity index (χ1v) is 14.0. The van der Waals surface area contributed by atoms with E-state index in [1.807, 2.05) is 34.7 Å². The summed E-state index contributed by atoms with van der Waals surface area (Å²) in [4.78, 5) is 26.6. The Balaban J connectivity index is 1.25. The van der Waals surface area contributed by atoms with Gasteiger partial charge in [0.2, 0.25) is 0 Å². The molecule has 0 aromatic heterocycles. The van der Waals surface area contributed by atoms with Crippen molar-refractivity contribution in [3.63, 3.8) is 0 Å². The Hall–Kier alpha value is -3.32. The molecule has 1 atom stereocenters. The van der Waals surface area contributed by atoms with Crippen LogP contribution in [0.5, 0.6) is 0 Å². The van der Waals surface area contributed by atoms with Gasteiger partial charge in [-0.1, -0.05) is 18.2 Å². The van der Waals surface area contributed by atoms with Gasteiger partial charge in [-0.25, -0.2) is 13.2 Å². The van der Waals surface area contributed by atoms with Gasteiger partial charge in [0.1, 0.15) is 5.82 Å². The molecule has 1 unspecified atom stereocenters. The molecule has 0 saturated carbocycles. The van der Waals surface area contributed by atoms with Crippen LogP contribution in [-0.2, 0) is 9.53 Å². The second-order valence-corrected chi connectivity index (χ2v) is 11.3. The number of para-hydroxylation sites is 1. The minimum absolute atomic E-state index is 0.0720. The van der Waals surface area contributed by atoms with E-state index >= 15 is 0 Å². The van der Waals surface area contributed by atoms with Gasteiger partial charge in [0, 0.05) is 35.2 Å². The highest BCUT2D eigenvalue weighted by Crippen LogP contribution is 2.34. The zero-order chi connectivity index (χ0) is 28.4. The van der Waals surface area contributed by atoms with E-state index in [4.69, 9.17) is 4.74 Å². The van der Waals surface area contributed by atoms with Crippen molar-refractivity contribution in [2.45, 2.75) is 24.9 Å². The van der Waals surface area contributed by atoms with Crippen molar-refractivity contribution >= 4 is 51.5 Å². The summed E-state index contributed by atoms with van der Waals surface area (Å²) in [5.41, 5.74) is 0.767. The van der Waals surface area contributed by atoms with Crippen LogP contribution in [-0.4, -0.2) is 55.1 Å². The number of carbonyl (C=O) groups is 2. The molecular formula is C29H28F3IN4O3. The van der Waals surface area contributed by atoms with Crippen molar-refractivity contribution in [2.24, 2.45) is 0 Å². The Morgan fingerprint density at radius 2 is 1.88 bits per heavy atom. The van der Waals surface area contributed by atoms with E-state index in [9.17, 15) is 22.8 Å². The van der Waals surface area contributed by atoms with Crippen LogP contribution < -0.4 is 16.0 Å². The van der Waals surface area contributed by atoms with Gasteiger partial charge < -0.3 is 25.6 Å². The first kappa shape index (κ1) is 28.2. The van der Waals surface area contributed by atoms with Gasteiger partial charge in [0.25, 0.3) is 5.91 Å². The second kappa shape index (κ2) is 11.7.